The van der Waals surface area contributed by atoms with Gasteiger partial charge in [0.15, 0.2) is 0 Å². The van der Waals surface area contributed by atoms with Crippen molar-refractivity contribution in [3.8, 4) is 16.9 Å². The number of Topliss-reactive ketones (excluding diaryl/α,β-unsaturated/α-hetero) is 1. The highest BCUT2D eigenvalue weighted by Crippen LogP contribution is 2.55. The number of aromatic nitrogens is 1. The molecule has 5 N–H and O–H groups in total. The molecule has 0 radical (unpaired) electrons. The van der Waals surface area contributed by atoms with Gasteiger partial charge < -0.3 is 30.3 Å². The molecular formula is C40H54N2O9S. The molecule has 3 aromatic rings. The first-order valence-corrected chi connectivity index (χ1v) is 19.9. The summed E-state index contributed by atoms with van der Waals surface area (Å²) in [4.78, 5) is 17.1. The van der Waals surface area contributed by atoms with Gasteiger partial charge >= 0.3 is 0 Å². The summed E-state index contributed by atoms with van der Waals surface area (Å²) in [6.45, 7) is 1.55. The van der Waals surface area contributed by atoms with Crippen molar-refractivity contribution in [3.05, 3.63) is 77.6 Å². The number of sulfonamides is 1. The topological polar surface area (TPSA) is 178 Å². The number of benzene rings is 2. The molecule has 0 amide bonds. The van der Waals surface area contributed by atoms with E-state index < -0.39 is 41.0 Å². The minimum Gasteiger partial charge on any atom is -0.490 e. The molecule has 2 saturated carbocycles. The fourth-order valence-corrected chi connectivity index (χ4v) is 8.03. The number of carbonyl (C=O) groups is 1. The van der Waals surface area contributed by atoms with E-state index in [2.05, 4.69) is 17.1 Å². The van der Waals surface area contributed by atoms with E-state index in [1.807, 2.05) is 49.6 Å². The lowest BCUT2D eigenvalue weighted by atomic mass is 9.85. The van der Waals surface area contributed by atoms with Crippen LogP contribution in [0.4, 0.5) is 0 Å². The number of hydrogen-bond acceptors (Lipinski definition) is 10. The molecule has 52 heavy (non-hydrogen) atoms. The van der Waals surface area contributed by atoms with Gasteiger partial charge in [-0.15, -0.1) is 0 Å². The van der Waals surface area contributed by atoms with Crippen LogP contribution in [0.5, 0.6) is 5.75 Å². The molecular weight excluding hydrogens is 685 g/mol. The average molecular weight is 739 g/mol. The monoisotopic (exact) mass is 738 g/mol. The number of pyridine rings is 1. The minimum absolute atomic E-state index is 0.0158. The summed E-state index contributed by atoms with van der Waals surface area (Å²) in [5.41, 5.74) is 5.49. The molecule has 2 fully saturated rings. The molecule has 0 aliphatic heterocycles. The molecule has 2 aliphatic rings. The fraction of sp³-hybridized carbons (Fsp3) is 0.550. The number of rotatable bonds is 22. The zero-order chi connectivity index (χ0) is 37.5. The van der Waals surface area contributed by atoms with Crippen LogP contribution < -0.4 is 4.74 Å². The average Bonchev–Trinajstić information content (AvgIpc) is 4.10. The van der Waals surface area contributed by atoms with Crippen LogP contribution in [0, 0.1) is 6.92 Å². The van der Waals surface area contributed by atoms with Crippen molar-refractivity contribution in [2.45, 2.75) is 125 Å². The molecule has 0 saturated heterocycles. The lowest BCUT2D eigenvalue weighted by molar-refractivity contribution is -0.125. The third-order valence-electron chi connectivity index (χ3n) is 10.6. The van der Waals surface area contributed by atoms with Crippen LogP contribution in [0.15, 0.2) is 65.8 Å². The van der Waals surface area contributed by atoms with E-state index in [0.29, 0.717) is 31.9 Å². The van der Waals surface area contributed by atoms with E-state index in [1.54, 1.807) is 13.1 Å². The second-order valence-electron chi connectivity index (χ2n) is 14.6. The summed E-state index contributed by atoms with van der Waals surface area (Å²) in [6, 6.07) is 15.7. The molecule has 11 nitrogen and oxygen atoms in total. The van der Waals surface area contributed by atoms with Crippen molar-refractivity contribution in [1.29, 1.82) is 0 Å². The predicted molar refractivity (Wildman–Crippen MR) is 197 cm³/mol. The molecule has 284 valence electrons. The van der Waals surface area contributed by atoms with Crippen LogP contribution in [-0.2, 0) is 26.7 Å². The molecule has 1 aromatic heterocycles. The highest BCUT2D eigenvalue weighted by atomic mass is 32.2. The van der Waals surface area contributed by atoms with Crippen molar-refractivity contribution < 1.29 is 43.5 Å². The Morgan fingerprint density at radius 3 is 2.40 bits per heavy atom. The van der Waals surface area contributed by atoms with Crippen LogP contribution in [0.1, 0.15) is 87.3 Å². The summed E-state index contributed by atoms with van der Waals surface area (Å²) in [5, 5.41) is 48.0. The summed E-state index contributed by atoms with van der Waals surface area (Å²) < 4.78 is 34.8. The number of aliphatic hydroxyl groups excluding tert-OH is 5. The van der Waals surface area contributed by atoms with E-state index in [1.165, 1.54) is 9.87 Å². The summed E-state index contributed by atoms with van der Waals surface area (Å²) in [5.74, 6) is 0.778. The highest BCUT2D eigenvalue weighted by molar-refractivity contribution is 7.89. The Labute approximate surface area is 307 Å². The quantitative estimate of drug-likeness (QED) is 0.0938. The number of para-hydroxylation sites is 1. The van der Waals surface area contributed by atoms with Gasteiger partial charge in [-0.25, -0.2) is 12.7 Å². The van der Waals surface area contributed by atoms with Crippen molar-refractivity contribution in [2.75, 3.05) is 20.2 Å². The van der Waals surface area contributed by atoms with Crippen molar-refractivity contribution in [1.82, 2.24) is 9.29 Å². The zero-order valence-corrected chi connectivity index (χ0v) is 31.0. The van der Waals surface area contributed by atoms with Gasteiger partial charge in [0, 0.05) is 44.4 Å². The number of aliphatic hydroxyl groups is 5. The number of aryl methyl sites for hydroxylation is 2. The maximum Gasteiger partial charge on any atom is 0.242 e. The first-order chi connectivity index (χ1) is 24.9. The van der Waals surface area contributed by atoms with E-state index in [-0.39, 0.29) is 35.4 Å². The van der Waals surface area contributed by atoms with Gasteiger partial charge in [0.2, 0.25) is 10.0 Å². The first kappa shape index (κ1) is 40.0. The second kappa shape index (κ2) is 17.7. The molecule has 0 bridgehead atoms. The first-order valence-electron chi connectivity index (χ1n) is 18.5. The fourth-order valence-electron chi connectivity index (χ4n) is 6.77. The lowest BCUT2D eigenvalue weighted by Gasteiger charge is -2.25. The Kier molecular flexibility index (Phi) is 13.6. The molecule has 2 aromatic carbocycles. The van der Waals surface area contributed by atoms with Crippen LogP contribution in [0.2, 0.25) is 0 Å². The van der Waals surface area contributed by atoms with Crippen LogP contribution in [0.3, 0.4) is 0 Å². The SMILES string of the molecule is Cc1ccc(S(=O)(=O)N(C)CCCCCC(=O)CC[C@H](O)[C@@H](O)[C@H](O)[C@H](O)CO)cc1CCC1(c2cnccc2-c2ccccc2OC2CC2)CC1. The molecule has 12 heteroatoms. The van der Waals surface area contributed by atoms with Gasteiger partial charge in [-0.3, -0.25) is 9.78 Å². The molecule has 5 rings (SSSR count). The van der Waals surface area contributed by atoms with E-state index in [9.17, 15) is 33.6 Å². The highest BCUT2D eigenvalue weighted by Gasteiger charge is 2.45. The molecule has 2 aliphatic carbocycles. The van der Waals surface area contributed by atoms with Gasteiger partial charge in [-0.2, -0.15) is 0 Å². The zero-order valence-electron chi connectivity index (χ0n) is 30.2. The van der Waals surface area contributed by atoms with Crippen molar-refractivity contribution in [2.24, 2.45) is 0 Å². The van der Waals surface area contributed by atoms with Gasteiger partial charge in [0.1, 0.15) is 29.8 Å². The van der Waals surface area contributed by atoms with Crippen LogP contribution in [0.25, 0.3) is 11.1 Å². The van der Waals surface area contributed by atoms with E-state index >= 15 is 0 Å². The van der Waals surface area contributed by atoms with E-state index in [4.69, 9.17) is 9.84 Å². The third kappa shape index (κ3) is 10.0. The molecule has 0 spiro atoms. The Balaban J connectivity index is 1.12. The van der Waals surface area contributed by atoms with Gasteiger partial charge in [-0.05, 0) is 117 Å². The normalized spacial score (nSPS) is 17.8. The molecule has 0 unspecified atom stereocenters. The third-order valence-corrected chi connectivity index (χ3v) is 12.5. The van der Waals surface area contributed by atoms with Gasteiger partial charge in [0.05, 0.1) is 23.7 Å². The standard InChI is InChI=1S/C40H54N2O9S/c1-27-11-15-31(52(49,50)42(2)23-7-3-4-8-29(44)12-16-35(45)38(47)39(48)36(46)26-43)24-28(27)17-19-40(20-21-40)34-25-41-22-18-32(34)33-9-5-6-10-37(33)51-30-13-14-30/h5-6,9-11,15,18,22,24-25,30,35-36,38-39,43,45-48H,3-4,7-8,12-14,16-17,19-21,23,26H2,1-2H3/t35-,36+,38+,39+/m0/s1. The Hall–Kier alpha value is -3.23. The van der Waals surface area contributed by atoms with Crippen molar-refractivity contribution >= 4 is 15.8 Å². The Morgan fingerprint density at radius 2 is 1.69 bits per heavy atom. The number of nitrogens with zero attached hydrogens (tertiary/aromatic N) is 2. The summed E-state index contributed by atoms with van der Waals surface area (Å²) in [6.07, 6.45) is 5.46. The maximum atomic E-state index is 13.6. The largest absolute Gasteiger partial charge is 0.490 e. The summed E-state index contributed by atoms with van der Waals surface area (Å²) in [7, 11) is -2.16. The number of carbonyl (C=O) groups excluding carboxylic acids is 1. The number of hydrogen-bond donors (Lipinski definition) is 5. The molecule has 4 atom stereocenters. The van der Waals surface area contributed by atoms with Gasteiger partial charge in [-0.1, -0.05) is 30.7 Å². The maximum absolute atomic E-state index is 13.6. The number of ether oxygens (including phenoxy) is 1. The number of ketones is 1. The predicted octanol–water partition coefficient (Wildman–Crippen LogP) is 4.23. The minimum atomic E-state index is -3.73. The number of unbranched alkanes of at least 4 members (excludes halogenated alkanes) is 2. The second-order valence-corrected chi connectivity index (χ2v) is 16.7. The van der Waals surface area contributed by atoms with Crippen LogP contribution >= 0.6 is 0 Å². The Morgan fingerprint density at radius 1 is 0.962 bits per heavy atom. The van der Waals surface area contributed by atoms with Crippen molar-refractivity contribution in [3.63, 3.8) is 0 Å². The Bertz CT molecular complexity index is 1760. The van der Waals surface area contributed by atoms with Crippen LogP contribution in [-0.4, -0.2) is 99.7 Å². The van der Waals surface area contributed by atoms with E-state index in [0.717, 1.165) is 66.5 Å². The smallest absolute Gasteiger partial charge is 0.242 e. The molecule has 1 heterocycles. The lowest BCUT2D eigenvalue weighted by Crippen LogP contribution is -2.45. The summed E-state index contributed by atoms with van der Waals surface area (Å²) >= 11 is 0. The van der Waals surface area contributed by atoms with Gasteiger partial charge in [0.25, 0.3) is 0 Å².